The van der Waals surface area contributed by atoms with E-state index in [-0.39, 0.29) is 60.1 Å². The maximum Gasteiger partial charge on any atom is 0.307 e. The minimum atomic E-state index is -4.16. The van der Waals surface area contributed by atoms with Gasteiger partial charge >= 0.3 is 5.97 Å². The summed E-state index contributed by atoms with van der Waals surface area (Å²) in [7, 11) is -7.85. The zero-order valence-electron chi connectivity index (χ0n) is 34.8. The molecule has 21 heteroatoms. The molecule has 2 aromatic carbocycles. The van der Waals surface area contributed by atoms with Crippen LogP contribution >= 0.6 is 0 Å². The Morgan fingerprint density at radius 3 is 1.55 bits per heavy atom. The predicted octanol–water partition coefficient (Wildman–Crippen LogP) is 6.52. The van der Waals surface area contributed by atoms with Crippen molar-refractivity contribution in [3.63, 3.8) is 0 Å². The second kappa shape index (κ2) is 20.5. The lowest BCUT2D eigenvalue weighted by molar-refractivity contribution is -0.136. The summed E-state index contributed by atoms with van der Waals surface area (Å²) in [5.74, 6) is -2.49. The van der Waals surface area contributed by atoms with E-state index in [4.69, 9.17) is 10.2 Å². The lowest BCUT2D eigenvalue weighted by atomic mass is 9.88. The summed E-state index contributed by atoms with van der Waals surface area (Å²) in [5, 5.41) is 29.0. The number of carboxylic acids is 1. The summed E-state index contributed by atoms with van der Waals surface area (Å²) in [6.45, 7) is 7.62. The minimum Gasteiger partial charge on any atom is -0.481 e. The number of aromatic nitrogens is 8. The van der Waals surface area contributed by atoms with Crippen molar-refractivity contribution in [2.24, 2.45) is 5.14 Å². The number of amides is 1. The highest BCUT2D eigenvalue weighted by Crippen LogP contribution is 2.35. The van der Waals surface area contributed by atoms with Gasteiger partial charge in [-0.1, -0.05) is 47.3 Å². The third-order valence-electron chi connectivity index (χ3n) is 9.89. The number of nitrogens with two attached hydrogens (primary N) is 1. The van der Waals surface area contributed by atoms with E-state index >= 15 is 0 Å². The number of benzene rings is 2. The Bertz CT molecular complexity index is 2810. The Hall–Kier alpha value is -6.32. The Morgan fingerprint density at radius 2 is 1.17 bits per heavy atom. The number of nitrogens with one attached hydrogen (secondary N) is 1. The third kappa shape index (κ3) is 12.7. The van der Waals surface area contributed by atoms with Crippen molar-refractivity contribution in [1.82, 2.24) is 44.7 Å². The first kappa shape index (κ1) is 48.7. The molecule has 2 aliphatic rings. The summed E-state index contributed by atoms with van der Waals surface area (Å²) in [5.41, 5.74) is 5.04. The fourth-order valence-electron chi connectivity index (χ4n) is 6.59. The molecule has 340 valence electrons. The average molecular weight is 921 g/mol. The van der Waals surface area contributed by atoms with Gasteiger partial charge in [-0.15, -0.1) is 10.2 Å². The van der Waals surface area contributed by atoms with Crippen LogP contribution in [0.3, 0.4) is 0 Å². The molecule has 0 radical (unpaired) electrons. The molecule has 1 amide bonds. The van der Waals surface area contributed by atoms with Crippen LogP contribution in [0.25, 0.3) is 22.3 Å². The van der Waals surface area contributed by atoms with Gasteiger partial charge in [-0.05, 0) is 107 Å². The standard InChI is InChI=1S/C21H22FN5O3S.C16H16FNO2.C5H8N4O2S.CH4/c1-13(2)17-8-15(22)9-18(14-4-3-7-23-11-14)19(17)10-20(28)26-31(29,30)21-12-24-27(25-21)16-5-6-16;1-10(2)13-6-12(17)7-14(15(13)8-16(19)20)11-4-3-5-18-9-11;6-12(10,11)5-3-7-9(8-5)4-1-2-4;/h3-4,7-9,11-13,16H,5-6,10H2,1-2H3,(H,26,28);3-7,9-10H,8H2,1-2H3,(H,19,20);3-4H,1-2H2,(H2,6,10,11);1H4. The summed E-state index contributed by atoms with van der Waals surface area (Å²) in [4.78, 5) is 34.7. The van der Waals surface area contributed by atoms with Crippen molar-refractivity contribution in [2.75, 3.05) is 0 Å². The number of carbonyl (C=O) groups is 2. The van der Waals surface area contributed by atoms with Gasteiger partial charge in [0.2, 0.25) is 16.0 Å². The van der Waals surface area contributed by atoms with Crippen LogP contribution < -0.4 is 9.86 Å². The number of hydrogen-bond donors (Lipinski definition) is 3. The van der Waals surface area contributed by atoms with Crippen molar-refractivity contribution in [3.8, 4) is 22.3 Å². The van der Waals surface area contributed by atoms with Crippen LogP contribution in [-0.4, -0.2) is 73.8 Å². The number of sulfonamides is 2. The minimum absolute atomic E-state index is 0. The van der Waals surface area contributed by atoms with E-state index in [2.05, 4.69) is 35.1 Å². The lowest BCUT2D eigenvalue weighted by Gasteiger charge is -2.18. The quantitative estimate of drug-likeness (QED) is 0.112. The van der Waals surface area contributed by atoms with Gasteiger partial charge in [0.1, 0.15) is 11.6 Å². The Balaban J connectivity index is 0.000000199. The number of halogens is 2. The first-order chi connectivity index (χ1) is 29.8. The highest BCUT2D eigenvalue weighted by atomic mass is 32.2. The molecule has 4 heterocycles. The van der Waals surface area contributed by atoms with E-state index in [1.165, 1.54) is 40.1 Å². The van der Waals surface area contributed by atoms with E-state index in [0.29, 0.717) is 33.4 Å². The summed E-state index contributed by atoms with van der Waals surface area (Å²) >= 11 is 0. The van der Waals surface area contributed by atoms with Crippen LogP contribution in [0.2, 0.25) is 0 Å². The third-order valence-corrected chi connectivity index (χ3v) is 11.9. The van der Waals surface area contributed by atoms with Crippen molar-refractivity contribution in [1.29, 1.82) is 0 Å². The number of nitrogens with zero attached hydrogens (tertiary/aromatic N) is 8. The first-order valence-corrected chi connectivity index (χ1v) is 22.9. The van der Waals surface area contributed by atoms with Crippen LogP contribution in [0.1, 0.15) is 107 Å². The molecule has 64 heavy (non-hydrogen) atoms. The molecule has 0 spiro atoms. The molecule has 2 aliphatic carbocycles. The maximum atomic E-state index is 14.3. The number of hydrogen-bond acceptors (Lipinski definition) is 12. The second-order valence-corrected chi connectivity index (χ2v) is 18.8. The van der Waals surface area contributed by atoms with Crippen molar-refractivity contribution < 1.29 is 40.3 Å². The van der Waals surface area contributed by atoms with Crippen molar-refractivity contribution in [3.05, 3.63) is 120 Å². The van der Waals surface area contributed by atoms with Gasteiger partial charge < -0.3 is 5.11 Å². The summed E-state index contributed by atoms with van der Waals surface area (Å²) < 4.78 is 76.9. The van der Waals surface area contributed by atoms with Crippen LogP contribution in [0.5, 0.6) is 0 Å². The van der Waals surface area contributed by atoms with Crippen molar-refractivity contribution in [2.45, 2.75) is 108 Å². The molecule has 0 bridgehead atoms. The number of pyridine rings is 2. The monoisotopic (exact) mass is 920 g/mol. The van der Waals surface area contributed by atoms with E-state index in [1.807, 2.05) is 27.7 Å². The highest BCUT2D eigenvalue weighted by molar-refractivity contribution is 7.90. The van der Waals surface area contributed by atoms with E-state index < -0.39 is 37.7 Å². The van der Waals surface area contributed by atoms with Gasteiger partial charge in [0, 0.05) is 35.9 Å². The lowest BCUT2D eigenvalue weighted by Crippen LogP contribution is -2.32. The normalized spacial score (nSPS) is 13.6. The largest absolute Gasteiger partial charge is 0.481 e. The zero-order chi connectivity index (χ0) is 45.6. The predicted molar refractivity (Wildman–Crippen MR) is 233 cm³/mol. The second-order valence-electron chi connectivity index (χ2n) is 15.6. The topological polar surface area (TPSA) is 248 Å². The summed E-state index contributed by atoms with van der Waals surface area (Å²) in [6.07, 6.45) is 12.2. The van der Waals surface area contributed by atoms with E-state index in [1.54, 1.807) is 49.1 Å². The van der Waals surface area contributed by atoms with Crippen LogP contribution in [-0.2, 0) is 42.5 Å². The highest BCUT2D eigenvalue weighted by Gasteiger charge is 2.30. The van der Waals surface area contributed by atoms with Crippen LogP contribution in [0, 0.1) is 11.6 Å². The van der Waals surface area contributed by atoms with E-state index in [9.17, 15) is 35.2 Å². The zero-order valence-corrected chi connectivity index (χ0v) is 36.4. The number of aliphatic carboxylic acids is 1. The Kier molecular flexibility index (Phi) is 15.6. The molecule has 0 aliphatic heterocycles. The van der Waals surface area contributed by atoms with Gasteiger partial charge in [-0.25, -0.2) is 27.1 Å². The number of carboxylic acid groups (broad SMARTS) is 1. The summed E-state index contributed by atoms with van der Waals surface area (Å²) in [6, 6.07) is 12.9. The first-order valence-electron chi connectivity index (χ1n) is 19.9. The molecule has 6 aromatic rings. The van der Waals surface area contributed by atoms with Gasteiger partial charge in [-0.3, -0.25) is 19.6 Å². The average Bonchev–Trinajstić information content (AvgIpc) is 4.16. The fourth-order valence-corrected chi connectivity index (χ4v) is 7.83. The fraction of sp³-hybridized carbons (Fsp3) is 0.349. The molecule has 2 fully saturated rings. The molecule has 4 N–H and O–H groups in total. The van der Waals surface area contributed by atoms with Gasteiger partial charge in [0.15, 0.2) is 0 Å². The molecular formula is C43H50F2N10O7S2. The van der Waals surface area contributed by atoms with Crippen LogP contribution in [0.4, 0.5) is 8.78 Å². The number of primary sulfonamides is 1. The SMILES string of the molecule is C.CC(C)c1cc(F)cc(-c2cccnc2)c1CC(=O)NS(=O)(=O)c1cnn(C2CC2)n1.CC(C)c1cc(F)cc(-c2cccnc2)c1CC(=O)O.NS(=O)(=O)c1cnn(C2CC2)n1. The van der Waals surface area contributed by atoms with Gasteiger partial charge in [0.05, 0.1) is 37.3 Å². The van der Waals surface area contributed by atoms with Gasteiger partial charge in [-0.2, -0.15) is 28.2 Å². The van der Waals surface area contributed by atoms with E-state index in [0.717, 1.165) is 43.0 Å². The van der Waals surface area contributed by atoms with Crippen molar-refractivity contribution >= 4 is 31.9 Å². The molecule has 8 rings (SSSR count). The maximum absolute atomic E-state index is 14.3. The van der Waals surface area contributed by atoms with Crippen LogP contribution in [0.15, 0.2) is 95.8 Å². The Morgan fingerprint density at radius 1 is 0.734 bits per heavy atom. The molecule has 0 saturated heterocycles. The molecule has 0 atom stereocenters. The molecule has 17 nitrogen and oxygen atoms in total. The molecule has 4 aromatic heterocycles. The smallest absolute Gasteiger partial charge is 0.307 e. The molecule has 0 unspecified atom stereocenters. The Labute approximate surface area is 370 Å². The van der Waals surface area contributed by atoms with Gasteiger partial charge in [0.25, 0.3) is 20.0 Å². The molecular weight excluding hydrogens is 871 g/mol. The molecule has 2 saturated carbocycles. The number of carbonyl (C=O) groups excluding carboxylic acids is 1. The number of rotatable bonds is 13.